The lowest BCUT2D eigenvalue weighted by atomic mass is 10.2. The molecule has 0 spiro atoms. The Labute approximate surface area is 154 Å². The fraction of sp³-hybridized carbons (Fsp3) is 0.316. The summed E-state index contributed by atoms with van der Waals surface area (Å²) in [5.74, 6) is 1.03. The Bertz CT molecular complexity index is 935. The van der Waals surface area contributed by atoms with Crippen molar-refractivity contribution in [1.82, 2.24) is 14.7 Å². The molecular formula is C19H21N3OS2. The maximum Gasteiger partial charge on any atom is 0.104 e. The second kappa shape index (κ2) is 6.94. The molecule has 1 atom stereocenters. The summed E-state index contributed by atoms with van der Waals surface area (Å²) in [5, 5.41) is 7.05. The van der Waals surface area contributed by atoms with Crippen molar-refractivity contribution in [3.63, 3.8) is 0 Å². The maximum atomic E-state index is 12.2. The topological polar surface area (TPSA) is 38.1 Å². The van der Waals surface area contributed by atoms with E-state index in [0.29, 0.717) is 0 Å². The molecule has 0 fully saturated rings. The highest BCUT2D eigenvalue weighted by molar-refractivity contribution is 7.99. The molecule has 0 radical (unpaired) electrons. The summed E-state index contributed by atoms with van der Waals surface area (Å²) >= 11 is 1.83. The van der Waals surface area contributed by atoms with Gasteiger partial charge >= 0.3 is 0 Å². The molecule has 0 amide bonds. The highest BCUT2D eigenvalue weighted by Crippen LogP contribution is 2.45. The van der Waals surface area contributed by atoms with E-state index in [-0.39, 0.29) is 0 Å². The van der Waals surface area contributed by atoms with Gasteiger partial charge in [-0.25, -0.2) is 4.21 Å². The molecule has 25 heavy (non-hydrogen) atoms. The Morgan fingerprint density at radius 3 is 2.72 bits per heavy atom. The predicted octanol–water partition coefficient (Wildman–Crippen LogP) is 3.61. The normalized spacial score (nSPS) is 15.7. The van der Waals surface area contributed by atoms with Crippen molar-refractivity contribution in [3.05, 3.63) is 48.0 Å². The summed E-state index contributed by atoms with van der Waals surface area (Å²) in [6.45, 7) is 1.81. The summed E-state index contributed by atoms with van der Waals surface area (Å²) in [4.78, 5) is 4.17. The first-order valence-corrected chi connectivity index (χ1v) is 10.6. The van der Waals surface area contributed by atoms with Crippen LogP contribution in [0.3, 0.4) is 0 Å². The molecule has 6 heteroatoms. The van der Waals surface area contributed by atoms with Crippen LogP contribution in [0.5, 0.6) is 0 Å². The Morgan fingerprint density at radius 1 is 1.16 bits per heavy atom. The fourth-order valence-electron chi connectivity index (χ4n) is 3.01. The molecule has 0 bridgehead atoms. The summed E-state index contributed by atoms with van der Waals surface area (Å²) in [5.41, 5.74) is 2.18. The SMILES string of the molecule is CN(C)CCCSc1c2c3c(ccc2nn1Cc1ccccc1)S3=O. The molecule has 1 unspecified atom stereocenters. The van der Waals surface area contributed by atoms with Crippen molar-refractivity contribution in [3.8, 4) is 0 Å². The van der Waals surface area contributed by atoms with E-state index < -0.39 is 10.8 Å². The van der Waals surface area contributed by atoms with Crippen LogP contribution in [-0.4, -0.2) is 45.3 Å². The van der Waals surface area contributed by atoms with Gasteiger partial charge in [-0.15, -0.1) is 11.8 Å². The highest BCUT2D eigenvalue weighted by Gasteiger charge is 2.34. The molecule has 4 nitrogen and oxygen atoms in total. The summed E-state index contributed by atoms with van der Waals surface area (Å²) < 4.78 is 14.2. The monoisotopic (exact) mass is 371 g/mol. The van der Waals surface area contributed by atoms with Gasteiger partial charge in [-0.1, -0.05) is 30.3 Å². The van der Waals surface area contributed by atoms with Crippen LogP contribution in [0.1, 0.15) is 12.0 Å². The molecule has 0 saturated heterocycles. The van der Waals surface area contributed by atoms with E-state index in [0.717, 1.165) is 51.0 Å². The van der Waals surface area contributed by atoms with Crippen LogP contribution in [0, 0.1) is 0 Å². The van der Waals surface area contributed by atoms with Gasteiger partial charge in [0.1, 0.15) is 5.03 Å². The number of hydrogen-bond donors (Lipinski definition) is 0. The van der Waals surface area contributed by atoms with Gasteiger partial charge in [0.25, 0.3) is 0 Å². The molecule has 3 aromatic rings. The Hall–Kier alpha value is -1.63. The average Bonchev–Trinajstić information content (AvgIpc) is 3.12. The number of fused-ring (bicyclic) bond motifs is 3. The Kier molecular flexibility index (Phi) is 4.67. The highest BCUT2D eigenvalue weighted by atomic mass is 32.2. The lowest BCUT2D eigenvalue weighted by molar-refractivity contribution is 0.410. The van der Waals surface area contributed by atoms with E-state index >= 15 is 0 Å². The van der Waals surface area contributed by atoms with Crippen molar-refractivity contribution in [1.29, 1.82) is 0 Å². The van der Waals surface area contributed by atoms with Gasteiger partial charge < -0.3 is 4.90 Å². The number of rotatable bonds is 7. The number of benzene rings is 2. The number of nitrogens with zero attached hydrogens (tertiary/aromatic N) is 3. The number of thioether (sulfide) groups is 1. The third-order valence-corrected chi connectivity index (χ3v) is 6.79. The molecule has 1 aliphatic heterocycles. The second-order valence-electron chi connectivity index (χ2n) is 6.51. The fourth-order valence-corrected chi connectivity index (χ4v) is 5.29. The van der Waals surface area contributed by atoms with Gasteiger partial charge in [0.2, 0.25) is 0 Å². The minimum atomic E-state index is -0.922. The van der Waals surface area contributed by atoms with Crippen LogP contribution in [0.15, 0.2) is 57.3 Å². The van der Waals surface area contributed by atoms with E-state index in [9.17, 15) is 4.21 Å². The molecule has 0 aliphatic carbocycles. The van der Waals surface area contributed by atoms with Crippen LogP contribution in [0.25, 0.3) is 10.9 Å². The van der Waals surface area contributed by atoms with Crippen molar-refractivity contribution < 1.29 is 4.21 Å². The summed E-state index contributed by atoms with van der Waals surface area (Å²) in [7, 11) is 3.28. The van der Waals surface area contributed by atoms with E-state index in [1.807, 2.05) is 30.0 Å². The molecule has 2 aromatic carbocycles. The van der Waals surface area contributed by atoms with Gasteiger partial charge in [-0.3, -0.25) is 4.68 Å². The Morgan fingerprint density at radius 2 is 1.96 bits per heavy atom. The van der Waals surface area contributed by atoms with E-state index in [2.05, 4.69) is 47.9 Å². The Balaban J connectivity index is 1.67. The van der Waals surface area contributed by atoms with E-state index in [1.54, 1.807) is 0 Å². The maximum absolute atomic E-state index is 12.2. The largest absolute Gasteiger partial charge is 0.309 e. The molecular weight excluding hydrogens is 350 g/mol. The zero-order valence-corrected chi connectivity index (χ0v) is 16.1. The number of aromatic nitrogens is 2. The second-order valence-corrected chi connectivity index (χ2v) is 8.98. The third-order valence-electron chi connectivity index (χ3n) is 4.28. The quantitative estimate of drug-likeness (QED) is 0.283. The van der Waals surface area contributed by atoms with Crippen LogP contribution >= 0.6 is 11.8 Å². The van der Waals surface area contributed by atoms with Gasteiger partial charge in [0.05, 0.1) is 38.0 Å². The third kappa shape index (κ3) is 3.38. The smallest absolute Gasteiger partial charge is 0.104 e. The van der Waals surface area contributed by atoms with Gasteiger partial charge in [-0.2, -0.15) is 5.10 Å². The van der Waals surface area contributed by atoms with E-state index in [1.165, 1.54) is 5.56 Å². The van der Waals surface area contributed by atoms with Gasteiger partial charge in [0.15, 0.2) is 0 Å². The standard InChI is InChI=1S/C19H21N3OS2/c1-21(2)11-6-12-24-19-17-15(9-10-16-18(17)25(16)23)20-22(19)13-14-7-4-3-5-8-14/h3-5,7-10H,6,11-13H2,1-2H3. The lowest BCUT2D eigenvalue weighted by Gasteiger charge is -2.10. The molecule has 1 aliphatic rings. The zero-order valence-electron chi connectivity index (χ0n) is 14.4. The first-order valence-electron chi connectivity index (χ1n) is 8.42. The predicted molar refractivity (Wildman–Crippen MR) is 104 cm³/mol. The van der Waals surface area contributed by atoms with Crippen molar-refractivity contribution in [2.24, 2.45) is 0 Å². The molecule has 130 valence electrons. The minimum absolute atomic E-state index is 0.743. The van der Waals surface area contributed by atoms with E-state index in [4.69, 9.17) is 5.10 Å². The van der Waals surface area contributed by atoms with Crippen molar-refractivity contribution in [2.45, 2.75) is 27.8 Å². The van der Waals surface area contributed by atoms with Crippen LogP contribution < -0.4 is 0 Å². The molecule has 0 N–H and O–H groups in total. The van der Waals surface area contributed by atoms with Crippen molar-refractivity contribution >= 4 is 33.5 Å². The first kappa shape index (κ1) is 16.8. The molecule has 1 aromatic heterocycles. The molecule has 0 saturated carbocycles. The van der Waals surface area contributed by atoms with Crippen LogP contribution in [0.4, 0.5) is 0 Å². The van der Waals surface area contributed by atoms with Crippen molar-refractivity contribution in [2.75, 3.05) is 26.4 Å². The average molecular weight is 372 g/mol. The number of hydrogen-bond acceptors (Lipinski definition) is 4. The van der Waals surface area contributed by atoms with Gasteiger partial charge in [-0.05, 0) is 44.8 Å². The molecule has 4 rings (SSSR count). The van der Waals surface area contributed by atoms with Gasteiger partial charge in [0, 0.05) is 5.75 Å². The lowest BCUT2D eigenvalue weighted by Crippen LogP contribution is -2.13. The van der Waals surface area contributed by atoms with Crippen LogP contribution in [0.2, 0.25) is 0 Å². The summed E-state index contributed by atoms with van der Waals surface area (Å²) in [6, 6.07) is 14.3. The van der Waals surface area contributed by atoms with Crippen LogP contribution in [-0.2, 0) is 17.3 Å². The minimum Gasteiger partial charge on any atom is -0.309 e. The summed E-state index contributed by atoms with van der Waals surface area (Å²) in [6.07, 6.45) is 1.12. The first-order chi connectivity index (χ1) is 12.1. The zero-order chi connectivity index (χ0) is 17.4. The molecule has 2 heterocycles.